The number of hydrogen-bond acceptors (Lipinski definition) is 4. The number of fused-ring (bicyclic) bond motifs is 1. The average molecular weight is 365 g/mol. The molecule has 2 amide bonds. The summed E-state index contributed by atoms with van der Waals surface area (Å²) in [5.41, 5.74) is 0.924. The third kappa shape index (κ3) is 3.87. The van der Waals surface area contributed by atoms with E-state index < -0.39 is 0 Å². The summed E-state index contributed by atoms with van der Waals surface area (Å²) in [7, 11) is 0. The molecule has 0 unspecified atom stereocenters. The van der Waals surface area contributed by atoms with Crippen LogP contribution in [0, 0.1) is 0 Å². The van der Waals surface area contributed by atoms with E-state index in [4.69, 9.17) is 16.3 Å². The lowest BCUT2D eigenvalue weighted by molar-refractivity contribution is -0.133. The summed E-state index contributed by atoms with van der Waals surface area (Å²) in [5, 5.41) is 5.64. The van der Waals surface area contributed by atoms with Crippen molar-refractivity contribution in [2.75, 3.05) is 32.8 Å². The lowest BCUT2D eigenvalue weighted by Gasteiger charge is -2.34. The van der Waals surface area contributed by atoms with Gasteiger partial charge in [-0.2, -0.15) is 5.10 Å². The Morgan fingerprint density at radius 1 is 1.16 bits per heavy atom. The topological polar surface area (TPSA) is 67.7 Å². The maximum atomic E-state index is 12.4. The SMILES string of the molecule is CCOC(=O)N1CCN(C(=O)CCn2nc(Cl)c3ccccc32)CC1. The Hall–Kier alpha value is -2.28. The third-order valence-corrected chi connectivity index (χ3v) is 4.59. The number of halogens is 1. The van der Waals surface area contributed by atoms with E-state index in [-0.39, 0.29) is 12.0 Å². The van der Waals surface area contributed by atoms with E-state index >= 15 is 0 Å². The number of benzene rings is 1. The summed E-state index contributed by atoms with van der Waals surface area (Å²) in [5.74, 6) is 0.0548. The maximum Gasteiger partial charge on any atom is 0.409 e. The summed E-state index contributed by atoms with van der Waals surface area (Å²) in [6.45, 7) is 4.67. The van der Waals surface area contributed by atoms with Crippen LogP contribution in [0.3, 0.4) is 0 Å². The molecular weight excluding hydrogens is 344 g/mol. The molecule has 25 heavy (non-hydrogen) atoms. The largest absolute Gasteiger partial charge is 0.450 e. The third-order valence-electron chi connectivity index (χ3n) is 4.31. The molecule has 2 heterocycles. The first-order valence-corrected chi connectivity index (χ1v) is 8.78. The van der Waals surface area contributed by atoms with Gasteiger partial charge in [0.25, 0.3) is 0 Å². The number of para-hydroxylation sites is 1. The van der Waals surface area contributed by atoms with Gasteiger partial charge in [0.1, 0.15) is 0 Å². The van der Waals surface area contributed by atoms with E-state index in [0.29, 0.717) is 50.9 Å². The number of rotatable bonds is 4. The van der Waals surface area contributed by atoms with Crippen molar-refractivity contribution in [2.45, 2.75) is 19.9 Å². The van der Waals surface area contributed by atoms with Crippen LogP contribution >= 0.6 is 11.6 Å². The Balaban J connectivity index is 1.54. The van der Waals surface area contributed by atoms with Crippen LogP contribution in [-0.2, 0) is 16.1 Å². The molecule has 0 aliphatic carbocycles. The number of piperazine rings is 1. The molecule has 1 saturated heterocycles. The Morgan fingerprint density at radius 3 is 2.56 bits per heavy atom. The minimum Gasteiger partial charge on any atom is -0.450 e. The Labute approximate surface area is 151 Å². The molecule has 0 spiro atoms. The van der Waals surface area contributed by atoms with Gasteiger partial charge in [0.15, 0.2) is 5.15 Å². The predicted octanol–water partition coefficient (Wildman–Crippen LogP) is 2.38. The molecule has 2 aromatic rings. The van der Waals surface area contributed by atoms with Crippen molar-refractivity contribution in [3.8, 4) is 0 Å². The molecule has 0 bridgehead atoms. The zero-order chi connectivity index (χ0) is 17.8. The molecule has 1 aromatic heterocycles. The zero-order valence-electron chi connectivity index (χ0n) is 14.2. The molecule has 134 valence electrons. The van der Waals surface area contributed by atoms with Gasteiger partial charge in [-0.25, -0.2) is 4.79 Å². The van der Waals surface area contributed by atoms with Crippen LogP contribution in [0.2, 0.25) is 5.15 Å². The fourth-order valence-electron chi connectivity index (χ4n) is 2.97. The molecule has 1 aliphatic rings. The lowest BCUT2D eigenvalue weighted by Crippen LogP contribution is -2.50. The van der Waals surface area contributed by atoms with Gasteiger partial charge < -0.3 is 14.5 Å². The quantitative estimate of drug-likeness (QED) is 0.835. The molecule has 0 saturated carbocycles. The zero-order valence-corrected chi connectivity index (χ0v) is 14.9. The minimum atomic E-state index is -0.313. The highest BCUT2D eigenvalue weighted by Crippen LogP contribution is 2.22. The summed E-state index contributed by atoms with van der Waals surface area (Å²) >= 11 is 6.14. The van der Waals surface area contributed by atoms with Gasteiger partial charge in [-0.1, -0.05) is 23.7 Å². The van der Waals surface area contributed by atoms with Gasteiger partial charge in [-0.15, -0.1) is 0 Å². The van der Waals surface area contributed by atoms with Crippen LogP contribution in [0.5, 0.6) is 0 Å². The van der Waals surface area contributed by atoms with Gasteiger partial charge in [-0.05, 0) is 19.1 Å². The number of aromatic nitrogens is 2. The van der Waals surface area contributed by atoms with Crippen LogP contribution in [0.1, 0.15) is 13.3 Å². The smallest absolute Gasteiger partial charge is 0.409 e. The van der Waals surface area contributed by atoms with Crippen molar-refractivity contribution in [3.63, 3.8) is 0 Å². The van der Waals surface area contributed by atoms with Crippen molar-refractivity contribution >= 4 is 34.5 Å². The fraction of sp³-hybridized carbons (Fsp3) is 0.471. The molecule has 8 heteroatoms. The molecular formula is C17H21ClN4O3. The molecule has 0 atom stereocenters. The second kappa shape index (κ2) is 7.74. The first-order valence-electron chi connectivity index (χ1n) is 8.40. The number of amides is 2. The molecule has 1 aromatic carbocycles. The number of aryl methyl sites for hydroxylation is 1. The Kier molecular flexibility index (Phi) is 5.43. The number of nitrogens with zero attached hydrogens (tertiary/aromatic N) is 4. The maximum absolute atomic E-state index is 12.4. The van der Waals surface area contributed by atoms with Gasteiger partial charge in [-0.3, -0.25) is 9.48 Å². The van der Waals surface area contributed by atoms with Crippen molar-refractivity contribution in [1.82, 2.24) is 19.6 Å². The molecule has 0 radical (unpaired) electrons. The van der Waals surface area contributed by atoms with Crippen molar-refractivity contribution in [2.24, 2.45) is 0 Å². The highest BCUT2D eigenvalue weighted by atomic mass is 35.5. The summed E-state index contributed by atoms with van der Waals surface area (Å²) in [4.78, 5) is 27.5. The summed E-state index contributed by atoms with van der Waals surface area (Å²) < 4.78 is 6.75. The van der Waals surface area contributed by atoms with Gasteiger partial charge in [0.05, 0.1) is 18.7 Å². The van der Waals surface area contributed by atoms with Gasteiger partial charge in [0, 0.05) is 38.0 Å². The monoisotopic (exact) mass is 364 g/mol. The normalized spacial score (nSPS) is 14.8. The van der Waals surface area contributed by atoms with E-state index in [0.717, 1.165) is 10.9 Å². The highest BCUT2D eigenvalue weighted by Gasteiger charge is 2.24. The first-order chi connectivity index (χ1) is 12.1. The van der Waals surface area contributed by atoms with E-state index in [1.54, 1.807) is 21.4 Å². The van der Waals surface area contributed by atoms with E-state index in [1.165, 1.54) is 0 Å². The van der Waals surface area contributed by atoms with Gasteiger partial charge in [0.2, 0.25) is 5.91 Å². The minimum absolute atomic E-state index is 0.0548. The number of ether oxygens (including phenoxy) is 1. The molecule has 3 rings (SSSR count). The van der Waals surface area contributed by atoms with Crippen molar-refractivity contribution in [1.29, 1.82) is 0 Å². The number of carbonyl (C=O) groups is 2. The average Bonchev–Trinajstić information content (AvgIpc) is 2.96. The molecule has 7 nitrogen and oxygen atoms in total. The second-order valence-corrected chi connectivity index (χ2v) is 6.21. The molecule has 0 N–H and O–H groups in total. The molecule has 1 fully saturated rings. The predicted molar refractivity (Wildman–Crippen MR) is 94.5 cm³/mol. The van der Waals surface area contributed by atoms with E-state index in [1.807, 2.05) is 24.3 Å². The van der Waals surface area contributed by atoms with Crippen LogP contribution in [0.15, 0.2) is 24.3 Å². The number of carbonyl (C=O) groups excluding carboxylic acids is 2. The second-order valence-electron chi connectivity index (χ2n) is 5.85. The van der Waals surface area contributed by atoms with Crippen molar-refractivity contribution < 1.29 is 14.3 Å². The number of hydrogen-bond donors (Lipinski definition) is 0. The molecule has 1 aliphatic heterocycles. The standard InChI is InChI=1S/C17H21ClN4O3/c1-2-25-17(24)21-11-9-20(10-12-21)15(23)7-8-22-14-6-4-3-5-13(14)16(18)19-22/h3-6H,2,7-12H2,1H3. The van der Waals surface area contributed by atoms with Crippen LogP contribution < -0.4 is 0 Å². The summed E-state index contributed by atoms with van der Waals surface area (Å²) in [6, 6.07) is 7.69. The highest BCUT2D eigenvalue weighted by molar-refractivity contribution is 6.34. The van der Waals surface area contributed by atoms with Crippen LogP contribution in [0.25, 0.3) is 10.9 Å². The van der Waals surface area contributed by atoms with Crippen LogP contribution in [-0.4, -0.2) is 64.4 Å². The van der Waals surface area contributed by atoms with E-state index in [9.17, 15) is 9.59 Å². The Morgan fingerprint density at radius 2 is 1.84 bits per heavy atom. The Bertz CT molecular complexity index is 768. The van der Waals surface area contributed by atoms with Crippen LogP contribution in [0.4, 0.5) is 4.79 Å². The summed E-state index contributed by atoms with van der Waals surface area (Å²) in [6.07, 6.45) is 0.0359. The fourth-order valence-corrected chi connectivity index (χ4v) is 3.22. The van der Waals surface area contributed by atoms with Crippen molar-refractivity contribution in [3.05, 3.63) is 29.4 Å². The first kappa shape index (κ1) is 17.5. The lowest BCUT2D eigenvalue weighted by atomic mass is 10.2. The van der Waals surface area contributed by atoms with E-state index in [2.05, 4.69) is 5.10 Å². The van der Waals surface area contributed by atoms with Gasteiger partial charge >= 0.3 is 6.09 Å².